The van der Waals surface area contributed by atoms with Gasteiger partial charge in [-0.2, -0.15) is 0 Å². The lowest BCUT2D eigenvalue weighted by Crippen LogP contribution is -2.05. The molecule has 0 aromatic heterocycles. The van der Waals surface area contributed by atoms with Gasteiger partial charge in [-0.3, -0.25) is 0 Å². The first-order valence-electron chi connectivity index (χ1n) is 9.11. The molecule has 31 heavy (non-hydrogen) atoms. The third-order valence-electron chi connectivity index (χ3n) is 4.57. The molecule has 0 aliphatic heterocycles. The highest BCUT2D eigenvalue weighted by Crippen LogP contribution is 2.25. The van der Waals surface area contributed by atoms with Crippen molar-refractivity contribution in [2.45, 2.75) is 13.0 Å². The first kappa shape index (κ1) is 21.4. The molecule has 0 bridgehead atoms. The molecule has 8 nitrogen and oxygen atoms in total. The number of hydrogen-bond acceptors (Lipinski definition) is 5. The molecule has 3 aromatic rings. The number of ether oxygens (including phenoxy) is 1. The summed E-state index contributed by atoms with van der Waals surface area (Å²) in [7, 11) is 0. The molecule has 0 saturated heterocycles. The number of phenols is 1. The number of aromatic hydroxyl groups is 1. The van der Waals surface area contributed by atoms with Gasteiger partial charge in [-0.15, -0.1) is 0 Å². The first-order chi connectivity index (χ1) is 14.7. The molecule has 0 atom stereocenters. The van der Waals surface area contributed by atoms with Gasteiger partial charge in [0.2, 0.25) is 0 Å². The van der Waals surface area contributed by atoms with Crippen LogP contribution in [0.4, 0.5) is 0 Å². The van der Waals surface area contributed by atoms with E-state index < -0.39 is 17.9 Å². The van der Waals surface area contributed by atoms with Crippen LogP contribution in [0.3, 0.4) is 0 Å². The molecule has 0 saturated carbocycles. The summed E-state index contributed by atoms with van der Waals surface area (Å²) < 4.78 is 5.62. The smallest absolute Gasteiger partial charge is 0.339 e. The van der Waals surface area contributed by atoms with Crippen molar-refractivity contribution in [1.29, 1.82) is 0 Å². The van der Waals surface area contributed by atoms with Gasteiger partial charge < -0.3 is 25.2 Å². The summed E-state index contributed by atoms with van der Waals surface area (Å²) in [5.41, 5.74) is 1.74. The van der Waals surface area contributed by atoms with Crippen LogP contribution in [-0.4, -0.2) is 38.3 Å². The summed E-state index contributed by atoms with van der Waals surface area (Å²) in [4.78, 5) is 33.8. The molecule has 0 amide bonds. The van der Waals surface area contributed by atoms with Crippen molar-refractivity contribution >= 4 is 17.9 Å². The van der Waals surface area contributed by atoms with Gasteiger partial charge in [0.05, 0.1) is 5.56 Å². The molecule has 0 radical (unpaired) electrons. The van der Waals surface area contributed by atoms with Crippen molar-refractivity contribution in [1.82, 2.24) is 0 Å². The highest BCUT2D eigenvalue weighted by atomic mass is 16.5. The van der Waals surface area contributed by atoms with Crippen LogP contribution in [-0.2, 0) is 13.0 Å². The van der Waals surface area contributed by atoms with Crippen LogP contribution in [0.25, 0.3) is 0 Å². The molecular weight excluding hydrogens is 404 g/mol. The number of hydrogen-bond donors (Lipinski definition) is 4. The van der Waals surface area contributed by atoms with Gasteiger partial charge in [-0.25, -0.2) is 14.4 Å². The van der Waals surface area contributed by atoms with Gasteiger partial charge in [0.25, 0.3) is 0 Å². The summed E-state index contributed by atoms with van der Waals surface area (Å²) in [6, 6.07) is 14.9. The Morgan fingerprint density at radius 1 is 0.677 bits per heavy atom. The van der Waals surface area contributed by atoms with Gasteiger partial charge in [-0.1, -0.05) is 24.3 Å². The van der Waals surface area contributed by atoms with E-state index in [4.69, 9.17) is 14.9 Å². The van der Waals surface area contributed by atoms with E-state index in [-0.39, 0.29) is 41.2 Å². The largest absolute Gasteiger partial charge is 0.507 e. The van der Waals surface area contributed by atoms with Crippen LogP contribution in [0, 0.1) is 0 Å². The number of carboxylic acids is 3. The highest BCUT2D eigenvalue weighted by Gasteiger charge is 2.15. The quantitative estimate of drug-likeness (QED) is 0.431. The summed E-state index contributed by atoms with van der Waals surface area (Å²) >= 11 is 0. The molecule has 158 valence electrons. The van der Waals surface area contributed by atoms with Crippen LogP contribution in [0.15, 0.2) is 60.7 Å². The minimum atomic E-state index is -1.26. The summed E-state index contributed by atoms with van der Waals surface area (Å²) in [6.07, 6.45) is 0.262. The van der Waals surface area contributed by atoms with Crippen LogP contribution >= 0.6 is 0 Å². The lowest BCUT2D eigenvalue weighted by molar-refractivity contribution is 0.0681. The Morgan fingerprint density at radius 3 is 1.81 bits per heavy atom. The average molecular weight is 422 g/mol. The Hall–Kier alpha value is -4.33. The van der Waals surface area contributed by atoms with Gasteiger partial charge in [-0.05, 0) is 59.5 Å². The zero-order chi connectivity index (χ0) is 22.5. The molecule has 8 heteroatoms. The predicted molar refractivity (Wildman–Crippen MR) is 109 cm³/mol. The number of carbonyl (C=O) groups is 3. The van der Waals surface area contributed by atoms with Gasteiger partial charge in [0.15, 0.2) is 0 Å². The number of carboxylic acid groups (broad SMARTS) is 3. The number of rotatable bonds is 8. The summed E-state index contributed by atoms with van der Waals surface area (Å²) in [5.74, 6) is -3.68. The molecule has 0 heterocycles. The highest BCUT2D eigenvalue weighted by molar-refractivity contribution is 5.92. The first-order valence-corrected chi connectivity index (χ1v) is 9.11. The molecular formula is C23H18O8. The minimum Gasteiger partial charge on any atom is -0.507 e. The number of aromatic carboxylic acids is 3. The molecule has 3 rings (SSSR count). The molecule has 0 unspecified atom stereocenters. The fourth-order valence-electron chi connectivity index (χ4n) is 2.98. The Balaban J connectivity index is 1.78. The van der Waals surface area contributed by atoms with Crippen LogP contribution in [0.2, 0.25) is 0 Å². The van der Waals surface area contributed by atoms with Crippen molar-refractivity contribution < 1.29 is 39.5 Å². The maximum Gasteiger partial charge on any atom is 0.339 e. The molecule has 0 fully saturated rings. The monoisotopic (exact) mass is 422 g/mol. The number of benzene rings is 3. The second-order valence-electron chi connectivity index (χ2n) is 6.76. The third-order valence-corrected chi connectivity index (χ3v) is 4.57. The summed E-state index contributed by atoms with van der Waals surface area (Å²) in [5, 5.41) is 37.2. The lowest BCUT2D eigenvalue weighted by Gasteiger charge is -2.12. The van der Waals surface area contributed by atoms with E-state index in [1.807, 2.05) is 0 Å². The van der Waals surface area contributed by atoms with Gasteiger partial charge in [0.1, 0.15) is 29.2 Å². The Morgan fingerprint density at radius 2 is 1.23 bits per heavy atom. The van der Waals surface area contributed by atoms with E-state index in [1.165, 1.54) is 36.4 Å². The van der Waals surface area contributed by atoms with E-state index in [0.29, 0.717) is 16.7 Å². The average Bonchev–Trinajstić information content (AvgIpc) is 2.74. The Kier molecular flexibility index (Phi) is 6.21. The molecule has 4 N–H and O–H groups in total. The molecule has 3 aromatic carbocycles. The molecule has 0 aliphatic carbocycles. The maximum absolute atomic E-state index is 11.7. The minimum absolute atomic E-state index is 0.0550. The van der Waals surface area contributed by atoms with Crippen LogP contribution < -0.4 is 4.74 Å². The van der Waals surface area contributed by atoms with Crippen LogP contribution in [0.1, 0.15) is 47.8 Å². The SMILES string of the molecule is O=C(O)c1ccc(COc2ccc(Cc3ccc(O)c(C(=O)O)c3)cc2C(=O)O)cc1. The van der Waals surface area contributed by atoms with E-state index in [9.17, 15) is 24.6 Å². The maximum atomic E-state index is 11.7. The van der Waals surface area contributed by atoms with E-state index in [1.54, 1.807) is 24.3 Å². The predicted octanol–water partition coefficient (Wildman–Crippen LogP) is 3.66. The topological polar surface area (TPSA) is 141 Å². The van der Waals surface area contributed by atoms with Crippen molar-refractivity contribution in [3.8, 4) is 11.5 Å². The zero-order valence-electron chi connectivity index (χ0n) is 16.1. The lowest BCUT2D eigenvalue weighted by atomic mass is 10.00. The Bertz CT molecular complexity index is 1150. The fourth-order valence-corrected chi connectivity index (χ4v) is 2.98. The van der Waals surface area contributed by atoms with Crippen molar-refractivity contribution in [2.75, 3.05) is 0 Å². The van der Waals surface area contributed by atoms with Crippen LogP contribution in [0.5, 0.6) is 11.5 Å². The third kappa shape index (κ3) is 5.18. The van der Waals surface area contributed by atoms with E-state index in [0.717, 1.165) is 0 Å². The zero-order valence-corrected chi connectivity index (χ0v) is 16.1. The van der Waals surface area contributed by atoms with E-state index in [2.05, 4.69) is 0 Å². The summed E-state index contributed by atoms with van der Waals surface area (Å²) in [6.45, 7) is 0.0550. The normalized spacial score (nSPS) is 10.5. The van der Waals surface area contributed by atoms with Gasteiger partial charge >= 0.3 is 17.9 Å². The van der Waals surface area contributed by atoms with Crippen molar-refractivity contribution in [3.63, 3.8) is 0 Å². The van der Waals surface area contributed by atoms with Gasteiger partial charge in [0, 0.05) is 0 Å². The Labute approximate surface area is 176 Å². The second kappa shape index (κ2) is 9.00. The van der Waals surface area contributed by atoms with E-state index >= 15 is 0 Å². The fraction of sp³-hybridized carbons (Fsp3) is 0.0870. The molecule has 0 aliphatic rings. The second-order valence-corrected chi connectivity index (χ2v) is 6.76. The van der Waals surface area contributed by atoms with Crippen molar-refractivity contribution in [3.05, 3.63) is 94.0 Å². The molecule has 0 spiro atoms. The standard InChI is InChI=1S/C23H18O8/c24-19-7-3-14(10-17(19)22(27)28)9-15-4-8-20(18(11-15)23(29)30)31-12-13-1-5-16(6-2-13)21(25)26/h1-8,10-11,24H,9,12H2,(H,25,26)(H,27,28)(H,29,30). The van der Waals surface area contributed by atoms with Crippen molar-refractivity contribution in [2.24, 2.45) is 0 Å².